The number of ketones is 1. The van der Waals surface area contributed by atoms with Crippen LogP contribution in [0.1, 0.15) is 30.0 Å². The molecule has 0 fully saturated rings. The molecular formula is C28H25FN2O3. The van der Waals surface area contributed by atoms with E-state index in [1.165, 1.54) is 27.3 Å². The van der Waals surface area contributed by atoms with Crippen LogP contribution < -0.4 is 11.2 Å². The number of allylic oxidation sites excluding steroid dienone is 1. The van der Waals surface area contributed by atoms with E-state index in [9.17, 15) is 18.8 Å². The third kappa shape index (κ3) is 5.12. The Morgan fingerprint density at radius 1 is 0.912 bits per heavy atom. The summed E-state index contributed by atoms with van der Waals surface area (Å²) in [6, 6.07) is 21.0. The van der Waals surface area contributed by atoms with Crippen LogP contribution in [-0.2, 0) is 24.3 Å². The summed E-state index contributed by atoms with van der Waals surface area (Å²) in [6.07, 6.45) is 4.26. The zero-order valence-corrected chi connectivity index (χ0v) is 18.9. The van der Waals surface area contributed by atoms with Crippen LogP contribution in [0.15, 0.2) is 88.5 Å². The molecule has 0 radical (unpaired) electrons. The quantitative estimate of drug-likeness (QED) is 0.365. The van der Waals surface area contributed by atoms with Crippen molar-refractivity contribution in [3.8, 4) is 0 Å². The van der Waals surface area contributed by atoms with Gasteiger partial charge in [0.2, 0.25) is 0 Å². The molecule has 0 saturated carbocycles. The maximum absolute atomic E-state index is 14.1. The third-order valence-electron chi connectivity index (χ3n) is 5.79. The minimum absolute atomic E-state index is 0.0434. The van der Waals surface area contributed by atoms with Crippen molar-refractivity contribution in [1.29, 1.82) is 0 Å². The van der Waals surface area contributed by atoms with Gasteiger partial charge in [0, 0.05) is 13.0 Å². The predicted octanol–water partition coefficient (Wildman–Crippen LogP) is 4.59. The summed E-state index contributed by atoms with van der Waals surface area (Å²) in [7, 11) is 0. The molecule has 0 aliphatic heterocycles. The maximum atomic E-state index is 14.1. The average Bonchev–Trinajstić information content (AvgIpc) is 2.86. The van der Waals surface area contributed by atoms with E-state index >= 15 is 0 Å². The SMILES string of the molecule is CCC(=O)/C=C/c1ccc(Cn2c(=O)n(CCc3ccccc3)c(=O)c3ccc(F)cc32)cc1. The molecule has 0 unspecified atom stereocenters. The molecule has 0 atom stereocenters. The number of nitrogens with zero attached hydrogens (tertiary/aromatic N) is 2. The van der Waals surface area contributed by atoms with Crippen molar-refractivity contribution in [2.75, 3.05) is 0 Å². The topological polar surface area (TPSA) is 61.1 Å². The smallest absolute Gasteiger partial charge is 0.295 e. The summed E-state index contributed by atoms with van der Waals surface area (Å²) in [5, 5.41) is 0.298. The van der Waals surface area contributed by atoms with Crippen LogP contribution in [0.4, 0.5) is 4.39 Å². The first-order valence-corrected chi connectivity index (χ1v) is 11.2. The second-order valence-electron chi connectivity index (χ2n) is 8.12. The summed E-state index contributed by atoms with van der Waals surface area (Å²) in [5.41, 5.74) is 2.07. The van der Waals surface area contributed by atoms with E-state index in [2.05, 4.69) is 0 Å². The van der Waals surface area contributed by atoms with Crippen LogP contribution in [0.5, 0.6) is 0 Å². The third-order valence-corrected chi connectivity index (χ3v) is 5.79. The molecule has 0 N–H and O–H groups in total. The standard InChI is InChI=1S/C28H25FN2O3/c1-2-24(32)14-12-21-8-10-22(11-9-21)19-31-26-18-23(29)13-15-25(26)27(33)30(28(31)34)17-16-20-6-4-3-5-7-20/h3-15,18H,2,16-17,19H2,1H3/b14-12+. The van der Waals surface area contributed by atoms with Crippen molar-refractivity contribution >= 4 is 22.8 Å². The fourth-order valence-electron chi connectivity index (χ4n) is 3.85. The molecular weight excluding hydrogens is 431 g/mol. The second-order valence-corrected chi connectivity index (χ2v) is 8.12. The molecule has 0 bridgehead atoms. The zero-order chi connectivity index (χ0) is 24.1. The molecule has 172 valence electrons. The second kappa shape index (κ2) is 10.3. The van der Waals surface area contributed by atoms with Crippen molar-refractivity contribution in [2.24, 2.45) is 0 Å². The summed E-state index contributed by atoms with van der Waals surface area (Å²) >= 11 is 0. The van der Waals surface area contributed by atoms with Gasteiger partial charge in [0.15, 0.2) is 5.78 Å². The Labute approximate surface area is 196 Å². The number of hydrogen-bond acceptors (Lipinski definition) is 3. The highest BCUT2D eigenvalue weighted by Gasteiger charge is 2.14. The van der Waals surface area contributed by atoms with E-state index in [0.717, 1.165) is 16.7 Å². The molecule has 5 nitrogen and oxygen atoms in total. The van der Waals surface area contributed by atoms with Gasteiger partial charge in [0.1, 0.15) is 5.82 Å². The highest BCUT2D eigenvalue weighted by molar-refractivity contribution is 5.93. The Bertz CT molecular complexity index is 1470. The van der Waals surface area contributed by atoms with Gasteiger partial charge >= 0.3 is 5.69 Å². The van der Waals surface area contributed by atoms with Gasteiger partial charge in [-0.2, -0.15) is 0 Å². The molecule has 4 aromatic rings. The Hall–Kier alpha value is -4.06. The first kappa shape index (κ1) is 23.1. The summed E-state index contributed by atoms with van der Waals surface area (Å²) in [4.78, 5) is 38.0. The number of aromatic nitrogens is 2. The van der Waals surface area contributed by atoms with Gasteiger partial charge in [-0.05, 0) is 47.4 Å². The molecule has 0 aliphatic carbocycles. The van der Waals surface area contributed by atoms with Crippen LogP contribution in [0.2, 0.25) is 0 Å². The van der Waals surface area contributed by atoms with Gasteiger partial charge < -0.3 is 0 Å². The summed E-state index contributed by atoms with van der Waals surface area (Å²) < 4.78 is 16.7. The molecule has 34 heavy (non-hydrogen) atoms. The Morgan fingerprint density at radius 2 is 1.65 bits per heavy atom. The number of fused-ring (bicyclic) bond motifs is 1. The highest BCUT2D eigenvalue weighted by Crippen LogP contribution is 2.14. The molecule has 0 amide bonds. The van der Waals surface area contributed by atoms with Crippen LogP contribution in [-0.4, -0.2) is 14.9 Å². The van der Waals surface area contributed by atoms with E-state index in [1.54, 1.807) is 19.1 Å². The summed E-state index contributed by atoms with van der Waals surface area (Å²) in [6.45, 7) is 2.21. The molecule has 3 aromatic carbocycles. The molecule has 0 saturated heterocycles. The maximum Gasteiger partial charge on any atom is 0.331 e. The predicted molar refractivity (Wildman–Crippen MR) is 132 cm³/mol. The van der Waals surface area contributed by atoms with Crippen molar-refractivity contribution in [3.63, 3.8) is 0 Å². The number of benzene rings is 3. The number of halogens is 1. The van der Waals surface area contributed by atoms with E-state index < -0.39 is 17.1 Å². The van der Waals surface area contributed by atoms with Crippen molar-refractivity contribution < 1.29 is 9.18 Å². The molecule has 0 spiro atoms. The van der Waals surface area contributed by atoms with Gasteiger partial charge in [-0.15, -0.1) is 0 Å². The van der Waals surface area contributed by atoms with Crippen molar-refractivity contribution in [2.45, 2.75) is 32.9 Å². The number of carbonyl (C=O) groups is 1. The Morgan fingerprint density at radius 3 is 2.35 bits per heavy atom. The van der Waals surface area contributed by atoms with Gasteiger partial charge in [0.25, 0.3) is 5.56 Å². The lowest BCUT2D eigenvalue weighted by atomic mass is 10.1. The molecule has 6 heteroatoms. The number of hydrogen-bond donors (Lipinski definition) is 0. The minimum atomic E-state index is -0.511. The molecule has 1 aromatic heterocycles. The largest absolute Gasteiger partial charge is 0.331 e. The zero-order valence-electron chi connectivity index (χ0n) is 18.9. The molecule has 1 heterocycles. The number of rotatable bonds is 8. The summed E-state index contributed by atoms with van der Waals surface area (Å²) in [5.74, 6) is -0.468. The average molecular weight is 457 g/mol. The van der Waals surface area contributed by atoms with E-state index in [-0.39, 0.29) is 24.4 Å². The number of carbonyl (C=O) groups excluding carboxylic acids is 1. The van der Waals surface area contributed by atoms with Crippen molar-refractivity contribution in [1.82, 2.24) is 9.13 Å². The monoisotopic (exact) mass is 456 g/mol. The van der Waals surface area contributed by atoms with Gasteiger partial charge in [0.05, 0.1) is 17.4 Å². The van der Waals surface area contributed by atoms with Gasteiger partial charge in [-0.3, -0.25) is 18.7 Å². The fourth-order valence-corrected chi connectivity index (χ4v) is 3.85. The van der Waals surface area contributed by atoms with Crippen molar-refractivity contribution in [3.05, 3.63) is 122 Å². The normalized spacial score (nSPS) is 11.4. The Balaban J connectivity index is 1.71. The van der Waals surface area contributed by atoms with E-state index in [1.807, 2.05) is 54.6 Å². The first-order chi connectivity index (χ1) is 16.5. The molecule has 4 rings (SSSR count). The molecule has 0 aliphatic rings. The van der Waals surface area contributed by atoms with Gasteiger partial charge in [-0.1, -0.05) is 67.6 Å². The van der Waals surface area contributed by atoms with Crippen LogP contribution in [0, 0.1) is 5.82 Å². The van der Waals surface area contributed by atoms with Gasteiger partial charge in [-0.25, -0.2) is 9.18 Å². The van der Waals surface area contributed by atoms with Crippen LogP contribution in [0.25, 0.3) is 17.0 Å². The first-order valence-electron chi connectivity index (χ1n) is 11.2. The van der Waals surface area contributed by atoms with Crippen LogP contribution in [0.3, 0.4) is 0 Å². The number of aryl methyl sites for hydroxylation is 1. The van der Waals surface area contributed by atoms with E-state index in [4.69, 9.17) is 0 Å². The minimum Gasteiger partial charge on any atom is -0.295 e. The fraction of sp³-hybridized carbons (Fsp3) is 0.179. The lowest BCUT2D eigenvalue weighted by Crippen LogP contribution is -2.40. The van der Waals surface area contributed by atoms with Crippen LogP contribution >= 0.6 is 0 Å². The lowest BCUT2D eigenvalue weighted by molar-refractivity contribution is -0.114. The lowest BCUT2D eigenvalue weighted by Gasteiger charge is -2.15. The van der Waals surface area contributed by atoms with E-state index in [0.29, 0.717) is 18.2 Å². The highest BCUT2D eigenvalue weighted by atomic mass is 19.1. The Kier molecular flexibility index (Phi) is 6.97.